The third-order valence-electron chi connectivity index (χ3n) is 10.2. The first kappa shape index (κ1) is 33.1. The van der Waals surface area contributed by atoms with Gasteiger partial charge in [0.1, 0.15) is 17.2 Å². The Hall–Kier alpha value is -6.02. The molecule has 7 nitrogen and oxygen atoms in total. The summed E-state index contributed by atoms with van der Waals surface area (Å²) in [7, 11) is 0. The Balaban J connectivity index is 1.73. The smallest absolute Gasteiger partial charge is 0.204 e. The van der Waals surface area contributed by atoms with Crippen molar-refractivity contribution in [3.63, 3.8) is 0 Å². The SMILES string of the molecule is Cc1c(O)c(-c2c(C)c(O)c3c(-c4cccc5ccccc45)c4c(O)c(O)c(O)c(O)c4c(-c4ccc5ccccc5c4)c3c2O)c(Cl)c(C)c1Cl. The quantitative estimate of drug-likeness (QED) is 0.0545. The molecule has 0 aliphatic rings. The van der Waals surface area contributed by atoms with Crippen molar-refractivity contribution in [2.24, 2.45) is 0 Å². The summed E-state index contributed by atoms with van der Waals surface area (Å²) >= 11 is 13.4. The molecule has 0 aliphatic carbocycles. The number of benzene rings is 8. The molecule has 0 atom stereocenters. The van der Waals surface area contributed by atoms with Crippen LogP contribution in [0.2, 0.25) is 10.0 Å². The molecular formula is C43H30Cl2O7. The van der Waals surface area contributed by atoms with E-state index in [9.17, 15) is 35.7 Å². The summed E-state index contributed by atoms with van der Waals surface area (Å²) in [6.07, 6.45) is 0. The summed E-state index contributed by atoms with van der Waals surface area (Å²) in [6, 6.07) is 25.9. The van der Waals surface area contributed by atoms with E-state index in [4.69, 9.17) is 23.2 Å². The van der Waals surface area contributed by atoms with Crippen molar-refractivity contribution in [1.29, 1.82) is 0 Å². The van der Waals surface area contributed by atoms with Gasteiger partial charge in [0.25, 0.3) is 0 Å². The minimum absolute atomic E-state index is 0.00679. The van der Waals surface area contributed by atoms with E-state index in [1.54, 1.807) is 39.0 Å². The fourth-order valence-electron chi connectivity index (χ4n) is 7.61. The van der Waals surface area contributed by atoms with Crippen LogP contribution in [0.4, 0.5) is 0 Å². The van der Waals surface area contributed by atoms with Gasteiger partial charge in [-0.2, -0.15) is 0 Å². The minimum Gasteiger partial charge on any atom is -0.507 e. The molecule has 7 N–H and O–H groups in total. The first-order chi connectivity index (χ1) is 24.8. The van der Waals surface area contributed by atoms with E-state index in [0.717, 1.165) is 16.2 Å². The molecule has 258 valence electrons. The standard InChI is InChI=1S/C43H30Cl2O7/c1-18-27(34-36(45)19(2)35(44)20(3)38(34)47)39(48)30-28(24-16-15-21-9-4-5-11-23(21)17-24)31-33(41(50)43(52)42(51)40(31)49)29(32(30)37(18)46)26-14-8-12-22-10-6-7-13-25(22)26/h4-17,46-52H,1-3H3. The van der Waals surface area contributed by atoms with Crippen LogP contribution in [0.25, 0.3) is 76.5 Å². The van der Waals surface area contributed by atoms with Gasteiger partial charge >= 0.3 is 0 Å². The van der Waals surface area contributed by atoms with E-state index in [2.05, 4.69) is 0 Å². The molecule has 0 heterocycles. The number of phenols is 7. The number of aromatic hydroxyl groups is 7. The van der Waals surface area contributed by atoms with Crippen molar-refractivity contribution < 1.29 is 35.7 Å². The van der Waals surface area contributed by atoms with E-state index >= 15 is 0 Å². The third kappa shape index (κ3) is 4.46. The highest BCUT2D eigenvalue weighted by atomic mass is 35.5. The van der Waals surface area contributed by atoms with Crippen LogP contribution < -0.4 is 0 Å². The van der Waals surface area contributed by atoms with E-state index in [-0.39, 0.29) is 70.9 Å². The fourth-order valence-corrected chi connectivity index (χ4v) is 8.12. The largest absolute Gasteiger partial charge is 0.507 e. The maximum absolute atomic E-state index is 12.7. The fraction of sp³-hybridized carbons (Fsp3) is 0.0698. The molecule has 0 spiro atoms. The van der Waals surface area contributed by atoms with Crippen molar-refractivity contribution in [3.8, 4) is 73.6 Å². The number of hydrogen-bond acceptors (Lipinski definition) is 7. The van der Waals surface area contributed by atoms with Crippen LogP contribution in [0.1, 0.15) is 16.7 Å². The zero-order chi connectivity index (χ0) is 36.9. The highest BCUT2D eigenvalue weighted by Gasteiger charge is 2.33. The molecule has 8 rings (SSSR count). The maximum atomic E-state index is 12.7. The lowest BCUT2D eigenvalue weighted by molar-refractivity contribution is 0.351. The van der Waals surface area contributed by atoms with Gasteiger partial charge in [0.05, 0.1) is 10.0 Å². The molecule has 8 aromatic carbocycles. The molecule has 52 heavy (non-hydrogen) atoms. The van der Waals surface area contributed by atoms with E-state index in [1.807, 2.05) is 66.7 Å². The zero-order valence-electron chi connectivity index (χ0n) is 28.0. The Morgan fingerprint density at radius 3 is 1.63 bits per heavy atom. The van der Waals surface area contributed by atoms with Crippen molar-refractivity contribution in [3.05, 3.63) is 112 Å². The predicted octanol–water partition coefficient (Wildman–Crippen LogP) is 11.5. The van der Waals surface area contributed by atoms with Gasteiger partial charge in [0.2, 0.25) is 11.5 Å². The first-order valence-electron chi connectivity index (χ1n) is 16.3. The van der Waals surface area contributed by atoms with E-state index in [0.29, 0.717) is 27.6 Å². The maximum Gasteiger partial charge on any atom is 0.204 e. The average Bonchev–Trinajstić information content (AvgIpc) is 3.16. The molecule has 0 radical (unpaired) electrons. The van der Waals surface area contributed by atoms with Crippen LogP contribution in [-0.2, 0) is 0 Å². The molecule has 0 fully saturated rings. The third-order valence-corrected chi connectivity index (χ3v) is 11.3. The summed E-state index contributed by atoms with van der Waals surface area (Å²) in [5.74, 6) is -4.50. The Morgan fingerprint density at radius 2 is 0.942 bits per heavy atom. The van der Waals surface area contributed by atoms with E-state index in [1.165, 1.54) is 0 Å². The van der Waals surface area contributed by atoms with Crippen molar-refractivity contribution in [2.45, 2.75) is 20.8 Å². The van der Waals surface area contributed by atoms with Crippen LogP contribution in [0.5, 0.6) is 40.2 Å². The Labute approximate surface area is 307 Å². The van der Waals surface area contributed by atoms with Crippen LogP contribution in [0.3, 0.4) is 0 Å². The summed E-state index contributed by atoms with van der Waals surface area (Å²) < 4.78 is 0. The lowest BCUT2D eigenvalue weighted by Crippen LogP contribution is -1.99. The molecule has 8 aromatic rings. The number of halogens is 2. The average molecular weight is 730 g/mol. The summed E-state index contributed by atoms with van der Waals surface area (Å²) in [5.41, 5.74) is 2.13. The molecule has 9 heteroatoms. The van der Waals surface area contributed by atoms with Gasteiger partial charge in [-0.25, -0.2) is 0 Å². The monoisotopic (exact) mass is 728 g/mol. The zero-order valence-corrected chi connectivity index (χ0v) is 29.5. The van der Waals surface area contributed by atoms with Crippen molar-refractivity contribution in [2.75, 3.05) is 0 Å². The van der Waals surface area contributed by atoms with Crippen LogP contribution in [-0.4, -0.2) is 35.7 Å². The number of fused-ring (bicyclic) bond motifs is 4. The second-order valence-corrected chi connectivity index (χ2v) is 13.8. The van der Waals surface area contributed by atoms with Gasteiger partial charge in [-0.3, -0.25) is 0 Å². The number of rotatable bonds is 3. The number of phenolic OH excluding ortho intramolecular Hbond substituents is 7. The minimum atomic E-state index is -0.976. The molecule has 0 unspecified atom stereocenters. The van der Waals surface area contributed by atoms with Crippen LogP contribution in [0.15, 0.2) is 84.9 Å². The van der Waals surface area contributed by atoms with Gasteiger partial charge in [-0.15, -0.1) is 0 Å². The molecule has 0 bridgehead atoms. The summed E-state index contributed by atoms with van der Waals surface area (Å²) in [5, 5.41) is 85.8. The number of hydrogen-bond donors (Lipinski definition) is 7. The lowest BCUT2D eigenvalue weighted by Gasteiger charge is -2.25. The van der Waals surface area contributed by atoms with Crippen LogP contribution >= 0.6 is 23.2 Å². The second kappa shape index (κ2) is 11.8. The van der Waals surface area contributed by atoms with E-state index < -0.39 is 28.7 Å². The molecule has 0 saturated carbocycles. The summed E-state index contributed by atoms with van der Waals surface area (Å²) in [4.78, 5) is 0. The summed E-state index contributed by atoms with van der Waals surface area (Å²) in [6.45, 7) is 4.86. The molecule has 0 aromatic heterocycles. The van der Waals surface area contributed by atoms with Gasteiger partial charge < -0.3 is 35.7 Å². The lowest BCUT2D eigenvalue weighted by atomic mass is 9.80. The van der Waals surface area contributed by atoms with Gasteiger partial charge in [0, 0.05) is 54.9 Å². The molecular weight excluding hydrogens is 699 g/mol. The second-order valence-electron chi connectivity index (χ2n) is 13.0. The molecule has 0 aliphatic heterocycles. The van der Waals surface area contributed by atoms with Crippen molar-refractivity contribution >= 4 is 66.3 Å². The normalized spacial score (nSPS) is 11.7. The highest BCUT2D eigenvalue weighted by Crippen LogP contribution is 2.62. The van der Waals surface area contributed by atoms with Gasteiger partial charge in [-0.1, -0.05) is 102 Å². The highest BCUT2D eigenvalue weighted by molar-refractivity contribution is 6.39. The first-order valence-corrected chi connectivity index (χ1v) is 17.1. The van der Waals surface area contributed by atoms with Crippen molar-refractivity contribution in [1.82, 2.24) is 0 Å². The topological polar surface area (TPSA) is 142 Å². The Kier molecular flexibility index (Phi) is 7.50. The predicted molar refractivity (Wildman–Crippen MR) is 209 cm³/mol. The van der Waals surface area contributed by atoms with Crippen LogP contribution in [0, 0.1) is 20.8 Å². The molecule has 0 saturated heterocycles. The Bertz CT molecular complexity index is 2850. The van der Waals surface area contributed by atoms with Gasteiger partial charge in [0.15, 0.2) is 11.5 Å². The van der Waals surface area contributed by atoms with Gasteiger partial charge in [-0.05, 0) is 65.1 Å². The molecule has 0 amide bonds. The Morgan fingerprint density at radius 1 is 0.385 bits per heavy atom.